The van der Waals surface area contributed by atoms with Crippen LogP contribution in [0.1, 0.15) is 5.69 Å². The van der Waals surface area contributed by atoms with E-state index in [1.165, 1.54) is 0 Å². The maximum Gasteiger partial charge on any atom is 0.226 e. The van der Waals surface area contributed by atoms with Crippen LogP contribution in [0.4, 0.5) is 5.95 Å². The summed E-state index contributed by atoms with van der Waals surface area (Å²) >= 11 is 0. The van der Waals surface area contributed by atoms with Crippen molar-refractivity contribution in [2.45, 2.75) is 0 Å². The van der Waals surface area contributed by atoms with E-state index in [-0.39, 0.29) is 0 Å². The summed E-state index contributed by atoms with van der Waals surface area (Å²) in [6.45, 7) is 0. The molecule has 0 spiro atoms. The van der Waals surface area contributed by atoms with Gasteiger partial charge in [-0.15, -0.1) is 0 Å². The van der Waals surface area contributed by atoms with Crippen molar-refractivity contribution < 1.29 is 0 Å². The van der Waals surface area contributed by atoms with Crippen LogP contribution in [0.3, 0.4) is 0 Å². The minimum Gasteiger partial charge on any atom is -0.347 e. The second-order valence-electron chi connectivity index (χ2n) is 2.25. The Labute approximate surface area is 65.1 Å². The van der Waals surface area contributed by atoms with Crippen molar-refractivity contribution in [3.05, 3.63) is 18.0 Å². The molecule has 4 heteroatoms. The van der Waals surface area contributed by atoms with Crippen molar-refractivity contribution in [2.75, 3.05) is 19.0 Å². The van der Waals surface area contributed by atoms with Crippen LogP contribution in [0.2, 0.25) is 0 Å². The molecule has 0 atom stereocenters. The van der Waals surface area contributed by atoms with Gasteiger partial charge in [0.2, 0.25) is 5.95 Å². The summed E-state index contributed by atoms with van der Waals surface area (Å²) < 4.78 is 0. The van der Waals surface area contributed by atoms with Crippen molar-refractivity contribution in [3.8, 4) is 6.07 Å². The Morgan fingerprint density at radius 2 is 2.27 bits per heavy atom. The normalized spacial score (nSPS) is 8.82. The average molecular weight is 148 g/mol. The zero-order valence-electron chi connectivity index (χ0n) is 6.44. The summed E-state index contributed by atoms with van der Waals surface area (Å²) in [5.74, 6) is 0.559. The molecule has 0 saturated carbocycles. The van der Waals surface area contributed by atoms with Gasteiger partial charge in [-0.05, 0) is 6.07 Å². The third-order valence-corrected chi connectivity index (χ3v) is 1.16. The Hall–Kier alpha value is -1.63. The zero-order valence-corrected chi connectivity index (χ0v) is 6.44. The van der Waals surface area contributed by atoms with Crippen LogP contribution < -0.4 is 4.90 Å². The molecule has 0 fully saturated rings. The monoisotopic (exact) mass is 148 g/mol. The van der Waals surface area contributed by atoms with E-state index >= 15 is 0 Å². The third kappa shape index (κ3) is 1.64. The van der Waals surface area contributed by atoms with Gasteiger partial charge in [-0.3, -0.25) is 0 Å². The molecule has 0 saturated heterocycles. The van der Waals surface area contributed by atoms with E-state index in [2.05, 4.69) is 9.97 Å². The lowest BCUT2D eigenvalue weighted by Crippen LogP contribution is -2.12. The fourth-order valence-electron chi connectivity index (χ4n) is 0.626. The number of rotatable bonds is 1. The highest BCUT2D eigenvalue weighted by atomic mass is 15.2. The summed E-state index contributed by atoms with van der Waals surface area (Å²) in [6, 6.07) is 3.52. The van der Waals surface area contributed by atoms with Crippen LogP contribution in [0.15, 0.2) is 12.3 Å². The van der Waals surface area contributed by atoms with E-state index < -0.39 is 0 Å². The molecule has 1 heterocycles. The third-order valence-electron chi connectivity index (χ3n) is 1.16. The van der Waals surface area contributed by atoms with E-state index in [1.54, 1.807) is 17.2 Å². The molecule has 0 aromatic carbocycles. The van der Waals surface area contributed by atoms with E-state index in [0.29, 0.717) is 11.6 Å². The van der Waals surface area contributed by atoms with Gasteiger partial charge < -0.3 is 4.90 Å². The summed E-state index contributed by atoms with van der Waals surface area (Å²) in [7, 11) is 3.66. The maximum atomic E-state index is 8.49. The first kappa shape index (κ1) is 7.48. The van der Waals surface area contributed by atoms with Gasteiger partial charge in [0.05, 0.1) is 0 Å². The number of anilines is 1. The second kappa shape index (κ2) is 2.97. The Morgan fingerprint density at radius 1 is 1.55 bits per heavy atom. The molecule has 0 unspecified atom stereocenters. The number of hydrogen-bond donors (Lipinski definition) is 0. The first-order valence-electron chi connectivity index (χ1n) is 3.14. The van der Waals surface area contributed by atoms with Gasteiger partial charge in [0, 0.05) is 20.3 Å². The lowest BCUT2D eigenvalue weighted by Gasteiger charge is -2.07. The molecule has 0 radical (unpaired) electrons. The number of aromatic nitrogens is 2. The lowest BCUT2D eigenvalue weighted by molar-refractivity contribution is 0.990. The Kier molecular flexibility index (Phi) is 2.02. The summed E-state index contributed by atoms with van der Waals surface area (Å²) in [5, 5.41) is 8.49. The standard InChI is InChI=1S/C7H8N4/c1-11(2)7-9-4-3-6(5-8)10-7/h3-4H,1-2H3. The highest BCUT2D eigenvalue weighted by Gasteiger charge is 1.98. The number of nitrogens with zero attached hydrogens (tertiary/aromatic N) is 4. The van der Waals surface area contributed by atoms with Gasteiger partial charge in [-0.2, -0.15) is 5.26 Å². The molecular weight excluding hydrogens is 140 g/mol. The summed E-state index contributed by atoms with van der Waals surface area (Å²) in [5.41, 5.74) is 0.392. The first-order chi connectivity index (χ1) is 5.24. The fourth-order valence-corrected chi connectivity index (χ4v) is 0.626. The first-order valence-corrected chi connectivity index (χ1v) is 3.14. The summed E-state index contributed by atoms with van der Waals surface area (Å²) in [6.07, 6.45) is 1.57. The fraction of sp³-hybridized carbons (Fsp3) is 0.286. The van der Waals surface area contributed by atoms with Crippen molar-refractivity contribution in [2.24, 2.45) is 0 Å². The second-order valence-corrected chi connectivity index (χ2v) is 2.25. The zero-order chi connectivity index (χ0) is 8.27. The largest absolute Gasteiger partial charge is 0.347 e. The molecule has 56 valence electrons. The van der Waals surface area contributed by atoms with Gasteiger partial charge in [-0.1, -0.05) is 0 Å². The molecule has 0 bridgehead atoms. The van der Waals surface area contributed by atoms with E-state index in [4.69, 9.17) is 5.26 Å². The van der Waals surface area contributed by atoms with Crippen molar-refractivity contribution >= 4 is 5.95 Å². The van der Waals surface area contributed by atoms with E-state index in [1.807, 2.05) is 20.2 Å². The maximum absolute atomic E-state index is 8.49. The van der Waals surface area contributed by atoms with Crippen LogP contribution in [-0.2, 0) is 0 Å². The van der Waals surface area contributed by atoms with Gasteiger partial charge in [0.1, 0.15) is 11.8 Å². The minimum absolute atomic E-state index is 0.392. The topological polar surface area (TPSA) is 52.8 Å². The quantitative estimate of drug-likeness (QED) is 0.579. The molecule has 1 aromatic heterocycles. The van der Waals surface area contributed by atoms with E-state index in [0.717, 1.165) is 0 Å². The smallest absolute Gasteiger partial charge is 0.226 e. The van der Waals surface area contributed by atoms with Crippen LogP contribution in [0.25, 0.3) is 0 Å². The Balaban J connectivity index is 3.03. The SMILES string of the molecule is CN(C)c1nccc(C#N)n1. The van der Waals surface area contributed by atoms with Crippen LogP contribution >= 0.6 is 0 Å². The Bertz CT molecular complexity index is 287. The molecule has 0 aliphatic heterocycles. The predicted molar refractivity (Wildman–Crippen MR) is 41.1 cm³/mol. The molecule has 1 rings (SSSR count). The van der Waals surface area contributed by atoms with Crippen molar-refractivity contribution in [1.29, 1.82) is 5.26 Å². The van der Waals surface area contributed by atoms with Gasteiger partial charge >= 0.3 is 0 Å². The molecule has 11 heavy (non-hydrogen) atoms. The number of hydrogen-bond acceptors (Lipinski definition) is 4. The van der Waals surface area contributed by atoms with Gasteiger partial charge in [-0.25, -0.2) is 9.97 Å². The Morgan fingerprint density at radius 3 is 2.82 bits per heavy atom. The molecule has 4 nitrogen and oxygen atoms in total. The van der Waals surface area contributed by atoms with Crippen molar-refractivity contribution in [1.82, 2.24) is 9.97 Å². The van der Waals surface area contributed by atoms with Crippen LogP contribution in [0.5, 0.6) is 0 Å². The molecule has 0 N–H and O–H groups in total. The minimum atomic E-state index is 0.392. The van der Waals surface area contributed by atoms with Gasteiger partial charge in [0.15, 0.2) is 0 Å². The molecule has 0 aliphatic rings. The summed E-state index contributed by atoms with van der Waals surface area (Å²) in [4.78, 5) is 9.65. The average Bonchev–Trinajstić information content (AvgIpc) is 2.05. The predicted octanol–water partition coefficient (Wildman–Crippen LogP) is 0.414. The van der Waals surface area contributed by atoms with Gasteiger partial charge in [0.25, 0.3) is 0 Å². The highest BCUT2D eigenvalue weighted by Crippen LogP contribution is 2.01. The molecule has 0 aliphatic carbocycles. The van der Waals surface area contributed by atoms with E-state index in [9.17, 15) is 0 Å². The number of nitriles is 1. The molecule has 0 amide bonds. The van der Waals surface area contributed by atoms with Crippen molar-refractivity contribution in [3.63, 3.8) is 0 Å². The molecule has 1 aromatic rings. The highest BCUT2D eigenvalue weighted by molar-refractivity contribution is 5.31. The lowest BCUT2D eigenvalue weighted by atomic mass is 10.4. The van der Waals surface area contributed by atoms with Crippen LogP contribution in [-0.4, -0.2) is 24.1 Å². The molecular formula is C7H8N4. The van der Waals surface area contributed by atoms with Crippen LogP contribution in [0, 0.1) is 11.3 Å².